The molecule has 1 aromatic carbocycles. The van der Waals surface area contributed by atoms with Crippen LogP contribution in [0.3, 0.4) is 0 Å². The van der Waals surface area contributed by atoms with E-state index in [0.29, 0.717) is 24.5 Å². The summed E-state index contributed by atoms with van der Waals surface area (Å²) in [6, 6.07) is 8.37. The Hall–Kier alpha value is -3.24. The first-order valence-electron chi connectivity index (χ1n) is 9.62. The lowest BCUT2D eigenvalue weighted by Crippen LogP contribution is -2.23. The molecule has 164 valence electrons. The van der Waals surface area contributed by atoms with Gasteiger partial charge in [-0.15, -0.1) is 0 Å². The number of sulfonamides is 1. The number of aromatic nitrogens is 3. The second-order valence-electron chi connectivity index (χ2n) is 7.47. The van der Waals surface area contributed by atoms with Gasteiger partial charge in [-0.05, 0) is 48.7 Å². The van der Waals surface area contributed by atoms with Crippen LogP contribution in [-0.2, 0) is 23.1 Å². The summed E-state index contributed by atoms with van der Waals surface area (Å²) in [6.07, 6.45) is 3.15. The van der Waals surface area contributed by atoms with Crippen LogP contribution in [0.25, 0.3) is 0 Å². The number of nitrogens with one attached hydrogen (secondary N) is 1. The van der Waals surface area contributed by atoms with E-state index in [-0.39, 0.29) is 10.8 Å². The quantitative estimate of drug-likeness (QED) is 0.574. The minimum atomic E-state index is -3.46. The third-order valence-electron chi connectivity index (χ3n) is 4.94. The molecule has 0 unspecified atom stereocenters. The Kier molecular flexibility index (Phi) is 6.42. The molecule has 0 aliphatic heterocycles. The summed E-state index contributed by atoms with van der Waals surface area (Å²) < 4.78 is 27.1. The van der Waals surface area contributed by atoms with Crippen molar-refractivity contribution in [3.8, 4) is 0 Å². The largest absolute Gasteiger partial charge is 0.384 e. The van der Waals surface area contributed by atoms with Crippen molar-refractivity contribution in [3.05, 3.63) is 70.7 Å². The van der Waals surface area contributed by atoms with Gasteiger partial charge in [0, 0.05) is 32.5 Å². The number of amides is 1. The monoisotopic (exact) mass is 442 g/mol. The highest BCUT2D eigenvalue weighted by molar-refractivity contribution is 7.89. The highest BCUT2D eigenvalue weighted by Crippen LogP contribution is 2.16. The fraction of sp³-hybridized carbons (Fsp3) is 0.286. The fourth-order valence-electron chi connectivity index (χ4n) is 3.16. The standard InChI is InChI=1S/C21H26N6O3S/c1-14-9-20(22)25-15(2)19(14)11-23-21(28)17-10-24-27(13-17)12-16-5-7-18(8-6-16)31(29,30)26(3)4/h5-10,13H,11-12H2,1-4H3,(H2,22,25)(H,23,28). The van der Waals surface area contributed by atoms with Gasteiger partial charge in [0.1, 0.15) is 5.82 Å². The van der Waals surface area contributed by atoms with Crippen molar-refractivity contribution in [3.63, 3.8) is 0 Å². The first-order chi connectivity index (χ1) is 14.6. The molecule has 0 aliphatic carbocycles. The minimum Gasteiger partial charge on any atom is -0.384 e. The van der Waals surface area contributed by atoms with Crippen molar-refractivity contribution < 1.29 is 13.2 Å². The molecule has 0 fully saturated rings. The second-order valence-corrected chi connectivity index (χ2v) is 9.62. The number of aryl methyl sites for hydroxylation is 2. The van der Waals surface area contributed by atoms with Gasteiger partial charge < -0.3 is 11.1 Å². The van der Waals surface area contributed by atoms with Crippen LogP contribution in [-0.4, -0.2) is 47.5 Å². The Morgan fingerprint density at radius 2 is 1.87 bits per heavy atom. The van der Waals surface area contributed by atoms with Crippen LogP contribution < -0.4 is 11.1 Å². The Balaban J connectivity index is 1.64. The summed E-state index contributed by atoms with van der Waals surface area (Å²) in [5.41, 5.74) is 9.74. The number of nitrogen functional groups attached to an aromatic ring is 1. The number of benzene rings is 1. The van der Waals surface area contributed by atoms with Crippen LogP contribution in [0.2, 0.25) is 0 Å². The lowest BCUT2D eigenvalue weighted by atomic mass is 10.1. The van der Waals surface area contributed by atoms with Gasteiger partial charge in [0.15, 0.2) is 0 Å². The van der Waals surface area contributed by atoms with Gasteiger partial charge in [0.2, 0.25) is 10.0 Å². The van der Waals surface area contributed by atoms with E-state index in [4.69, 9.17) is 5.73 Å². The van der Waals surface area contributed by atoms with Gasteiger partial charge in [-0.1, -0.05) is 12.1 Å². The smallest absolute Gasteiger partial charge is 0.254 e. The van der Waals surface area contributed by atoms with Gasteiger partial charge in [-0.3, -0.25) is 9.48 Å². The molecule has 3 rings (SSSR count). The maximum atomic E-state index is 12.5. The molecule has 0 radical (unpaired) electrons. The molecule has 0 aliphatic rings. The molecule has 1 amide bonds. The van der Waals surface area contributed by atoms with Crippen LogP contribution in [0, 0.1) is 13.8 Å². The number of rotatable bonds is 7. The number of anilines is 1. The highest BCUT2D eigenvalue weighted by atomic mass is 32.2. The summed E-state index contributed by atoms with van der Waals surface area (Å²) >= 11 is 0. The third kappa shape index (κ3) is 5.09. The molecule has 3 N–H and O–H groups in total. The minimum absolute atomic E-state index is 0.226. The molecular formula is C21H26N6O3S. The van der Waals surface area contributed by atoms with E-state index >= 15 is 0 Å². The van der Waals surface area contributed by atoms with Crippen molar-refractivity contribution in [2.45, 2.75) is 31.8 Å². The average molecular weight is 443 g/mol. The molecule has 31 heavy (non-hydrogen) atoms. The number of nitrogens with two attached hydrogens (primary N) is 1. The van der Waals surface area contributed by atoms with Gasteiger partial charge in [-0.25, -0.2) is 17.7 Å². The Morgan fingerprint density at radius 1 is 1.19 bits per heavy atom. The number of hydrogen-bond donors (Lipinski definition) is 2. The van der Waals surface area contributed by atoms with Crippen LogP contribution in [0.15, 0.2) is 47.6 Å². The zero-order valence-corrected chi connectivity index (χ0v) is 18.8. The predicted molar refractivity (Wildman–Crippen MR) is 118 cm³/mol. The maximum absolute atomic E-state index is 12.5. The summed E-state index contributed by atoms with van der Waals surface area (Å²) in [5, 5.41) is 7.12. The molecule has 3 aromatic rings. The number of carbonyl (C=O) groups excluding carboxylic acids is 1. The van der Waals surface area contributed by atoms with E-state index in [1.54, 1.807) is 41.2 Å². The van der Waals surface area contributed by atoms with Crippen molar-refractivity contribution in [2.75, 3.05) is 19.8 Å². The van der Waals surface area contributed by atoms with Crippen LogP contribution >= 0.6 is 0 Å². The van der Waals surface area contributed by atoms with Gasteiger partial charge >= 0.3 is 0 Å². The fourth-order valence-corrected chi connectivity index (χ4v) is 4.06. The molecule has 0 atom stereocenters. The van der Waals surface area contributed by atoms with Crippen molar-refractivity contribution in [2.24, 2.45) is 0 Å². The highest BCUT2D eigenvalue weighted by Gasteiger charge is 2.17. The van der Waals surface area contributed by atoms with Gasteiger partial charge in [0.25, 0.3) is 5.91 Å². The average Bonchev–Trinajstić information content (AvgIpc) is 3.16. The van der Waals surface area contributed by atoms with Gasteiger partial charge in [0.05, 0.1) is 23.2 Å². The van der Waals surface area contributed by atoms with Gasteiger partial charge in [-0.2, -0.15) is 5.10 Å². The van der Waals surface area contributed by atoms with Crippen LogP contribution in [0.5, 0.6) is 0 Å². The summed E-state index contributed by atoms with van der Waals surface area (Å²) in [4.78, 5) is 17.0. The summed E-state index contributed by atoms with van der Waals surface area (Å²) in [7, 11) is -0.481. The molecule has 0 saturated heterocycles. The van der Waals surface area contributed by atoms with Crippen LogP contribution in [0.4, 0.5) is 5.82 Å². The number of hydrogen-bond acceptors (Lipinski definition) is 6. The van der Waals surface area contributed by atoms with E-state index in [2.05, 4.69) is 15.4 Å². The number of nitrogens with zero attached hydrogens (tertiary/aromatic N) is 4. The molecule has 0 bridgehead atoms. The molecular weight excluding hydrogens is 416 g/mol. The van der Waals surface area contributed by atoms with Crippen molar-refractivity contribution in [1.29, 1.82) is 0 Å². The van der Waals surface area contributed by atoms with Crippen molar-refractivity contribution >= 4 is 21.7 Å². The topological polar surface area (TPSA) is 123 Å². The molecule has 10 heteroatoms. The molecule has 2 heterocycles. The number of carbonyl (C=O) groups is 1. The third-order valence-corrected chi connectivity index (χ3v) is 6.77. The SMILES string of the molecule is Cc1cc(N)nc(C)c1CNC(=O)c1cnn(Cc2ccc(S(=O)(=O)N(C)C)cc2)c1. The molecule has 9 nitrogen and oxygen atoms in total. The van der Waals surface area contributed by atoms with E-state index in [0.717, 1.165) is 22.4 Å². The Bertz CT molecular complexity index is 1180. The first kappa shape index (κ1) is 22.4. The van der Waals surface area contributed by atoms with E-state index in [1.807, 2.05) is 13.8 Å². The molecule has 0 spiro atoms. The molecule has 0 saturated carbocycles. The zero-order chi connectivity index (χ0) is 22.8. The first-order valence-corrected chi connectivity index (χ1v) is 11.1. The van der Waals surface area contributed by atoms with E-state index < -0.39 is 10.0 Å². The summed E-state index contributed by atoms with van der Waals surface area (Å²) in [6.45, 7) is 4.55. The normalized spacial score (nSPS) is 11.6. The maximum Gasteiger partial charge on any atom is 0.254 e. The zero-order valence-electron chi connectivity index (χ0n) is 18.0. The lowest BCUT2D eigenvalue weighted by molar-refractivity contribution is 0.0950. The van der Waals surface area contributed by atoms with E-state index in [1.165, 1.54) is 24.6 Å². The van der Waals surface area contributed by atoms with Crippen LogP contribution in [0.1, 0.15) is 32.7 Å². The van der Waals surface area contributed by atoms with E-state index in [9.17, 15) is 13.2 Å². The molecule has 2 aromatic heterocycles. The van der Waals surface area contributed by atoms with Crippen molar-refractivity contribution in [1.82, 2.24) is 24.4 Å². The predicted octanol–water partition coefficient (Wildman–Crippen LogP) is 1.71. The Labute approximate surface area is 181 Å². The number of pyridine rings is 1. The lowest BCUT2D eigenvalue weighted by Gasteiger charge is -2.11. The summed E-state index contributed by atoms with van der Waals surface area (Å²) in [5.74, 6) is 0.216. The second kappa shape index (κ2) is 8.86. The Morgan fingerprint density at radius 3 is 2.48 bits per heavy atom.